The average Bonchev–Trinajstić information content (AvgIpc) is 2.36. The number of hydrogen-bond acceptors (Lipinski definition) is 1. The summed E-state index contributed by atoms with van der Waals surface area (Å²) in [6, 6.07) is 3.57. The Morgan fingerprint density at radius 1 is 1.50 bits per heavy atom. The van der Waals surface area contributed by atoms with Crippen molar-refractivity contribution in [2.75, 3.05) is 13.1 Å². The van der Waals surface area contributed by atoms with E-state index in [1.54, 1.807) is 12.2 Å². The van der Waals surface area contributed by atoms with Crippen LogP contribution in [0.5, 0.6) is 0 Å². The van der Waals surface area contributed by atoms with Gasteiger partial charge < -0.3 is 10.6 Å². The highest BCUT2D eigenvalue weighted by Gasteiger charge is 2.13. The lowest BCUT2D eigenvalue weighted by molar-refractivity contribution is -0.682. The van der Waals surface area contributed by atoms with Crippen molar-refractivity contribution >= 4 is 5.91 Å². The lowest BCUT2D eigenvalue weighted by atomic mass is 10.1. The first-order valence-corrected chi connectivity index (χ1v) is 5.53. The molecule has 0 aliphatic rings. The van der Waals surface area contributed by atoms with Crippen LogP contribution in [0.25, 0.3) is 0 Å². The first kappa shape index (κ1) is 14.1. The number of quaternary nitrogens is 1. The highest BCUT2D eigenvalue weighted by molar-refractivity contribution is 5.76. The van der Waals surface area contributed by atoms with E-state index in [1.165, 1.54) is 6.07 Å². The third kappa shape index (κ3) is 4.15. The Kier molecular flexibility index (Phi) is 5.28. The SMILES string of the molecule is C#CCNC(=O)C[NH2+][C@@H](C)c1ccc(F)c(F)c1. The molecule has 1 amide bonds. The zero-order valence-electron chi connectivity index (χ0n) is 10.0. The van der Waals surface area contributed by atoms with Gasteiger partial charge in [0, 0.05) is 5.56 Å². The number of amides is 1. The molecule has 18 heavy (non-hydrogen) atoms. The molecular formula is C13H15F2N2O+. The summed E-state index contributed by atoms with van der Waals surface area (Å²) < 4.78 is 25.8. The van der Waals surface area contributed by atoms with Gasteiger partial charge in [0.15, 0.2) is 18.2 Å². The summed E-state index contributed by atoms with van der Waals surface area (Å²) in [5.74, 6) is 0.340. The minimum Gasteiger partial charge on any atom is -0.340 e. The molecule has 0 fully saturated rings. The lowest BCUT2D eigenvalue weighted by Gasteiger charge is -2.11. The second-order valence-corrected chi connectivity index (χ2v) is 3.88. The summed E-state index contributed by atoms with van der Waals surface area (Å²) in [5, 5.41) is 4.24. The van der Waals surface area contributed by atoms with E-state index in [0.717, 1.165) is 12.1 Å². The summed E-state index contributed by atoms with van der Waals surface area (Å²) in [4.78, 5) is 11.3. The smallest absolute Gasteiger partial charge is 0.275 e. The van der Waals surface area contributed by atoms with E-state index in [-0.39, 0.29) is 25.0 Å². The third-order valence-electron chi connectivity index (χ3n) is 2.51. The van der Waals surface area contributed by atoms with E-state index in [1.807, 2.05) is 0 Å². The van der Waals surface area contributed by atoms with Gasteiger partial charge in [-0.05, 0) is 25.1 Å². The Morgan fingerprint density at radius 2 is 2.22 bits per heavy atom. The summed E-state index contributed by atoms with van der Waals surface area (Å²) in [7, 11) is 0. The largest absolute Gasteiger partial charge is 0.340 e. The second kappa shape index (κ2) is 6.72. The molecule has 0 bridgehead atoms. The van der Waals surface area contributed by atoms with Crippen molar-refractivity contribution in [2.24, 2.45) is 0 Å². The van der Waals surface area contributed by atoms with Crippen LogP contribution in [0, 0.1) is 24.0 Å². The van der Waals surface area contributed by atoms with Gasteiger partial charge in [-0.15, -0.1) is 6.42 Å². The van der Waals surface area contributed by atoms with Crippen LogP contribution in [-0.4, -0.2) is 19.0 Å². The van der Waals surface area contributed by atoms with Crippen LogP contribution in [0.15, 0.2) is 18.2 Å². The van der Waals surface area contributed by atoms with Gasteiger partial charge >= 0.3 is 0 Å². The highest BCUT2D eigenvalue weighted by Crippen LogP contribution is 2.12. The molecule has 1 aromatic carbocycles. The van der Waals surface area contributed by atoms with Crippen molar-refractivity contribution in [1.82, 2.24) is 5.32 Å². The molecule has 1 atom stereocenters. The van der Waals surface area contributed by atoms with Gasteiger partial charge in [0.2, 0.25) is 0 Å². The van der Waals surface area contributed by atoms with Crippen LogP contribution in [0.1, 0.15) is 18.5 Å². The molecule has 0 aliphatic heterocycles. The van der Waals surface area contributed by atoms with Crippen molar-refractivity contribution in [3.05, 3.63) is 35.4 Å². The number of benzene rings is 1. The standard InChI is InChI=1S/C13H14F2N2O/c1-3-6-16-13(18)8-17-9(2)10-4-5-11(14)12(15)7-10/h1,4-5,7,9,17H,6,8H2,2H3,(H,16,18)/p+1/t9-/m0/s1. The van der Waals surface area contributed by atoms with Crippen molar-refractivity contribution < 1.29 is 18.9 Å². The van der Waals surface area contributed by atoms with E-state index < -0.39 is 11.6 Å². The van der Waals surface area contributed by atoms with Crippen molar-refractivity contribution in [2.45, 2.75) is 13.0 Å². The number of hydrogen-bond donors (Lipinski definition) is 2. The summed E-state index contributed by atoms with van der Waals surface area (Å²) in [6.07, 6.45) is 5.00. The maximum atomic E-state index is 13.0. The molecule has 1 aromatic rings. The molecule has 0 unspecified atom stereocenters. The van der Waals surface area contributed by atoms with Gasteiger partial charge in [-0.25, -0.2) is 8.78 Å². The highest BCUT2D eigenvalue weighted by atomic mass is 19.2. The van der Waals surface area contributed by atoms with E-state index in [0.29, 0.717) is 5.56 Å². The van der Waals surface area contributed by atoms with E-state index in [2.05, 4.69) is 11.2 Å². The van der Waals surface area contributed by atoms with Crippen molar-refractivity contribution in [1.29, 1.82) is 0 Å². The lowest BCUT2D eigenvalue weighted by Crippen LogP contribution is -2.87. The molecule has 5 heteroatoms. The number of terminal acetylenes is 1. The Hall–Kier alpha value is -1.93. The minimum atomic E-state index is -0.885. The fraction of sp³-hybridized carbons (Fsp3) is 0.308. The van der Waals surface area contributed by atoms with Crippen LogP contribution in [0.4, 0.5) is 8.78 Å². The maximum Gasteiger partial charge on any atom is 0.275 e. The third-order valence-corrected chi connectivity index (χ3v) is 2.51. The normalized spacial score (nSPS) is 11.7. The van der Waals surface area contributed by atoms with Crippen LogP contribution in [0.3, 0.4) is 0 Å². The second-order valence-electron chi connectivity index (χ2n) is 3.88. The molecule has 3 N–H and O–H groups in total. The van der Waals surface area contributed by atoms with Gasteiger partial charge in [0.25, 0.3) is 5.91 Å². The van der Waals surface area contributed by atoms with E-state index in [9.17, 15) is 13.6 Å². The molecule has 0 heterocycles. The molecule has 0 radical (unpaired) electrons. The number of halogens is 2. The van der Waals surface area contributed by atoms with E-state index in [4.69, 9.17) is 6.42 Å². The van der Waals surface area contributed by atoms with Gasteiger partial charge in [0.05, 0.1) is 6.54 Å². The predicted molar refractivity (Wildman–Crippen MR) is 63.4 cm³/mol. The first-order valence-electron chi connectivity index (χ1n) is 5.53. The maximum absolute atomic E-state index is 13.0. The number of nitrogens with two attached hydrogens (primary N) is 1. The first-order chi connectivity index (χ1) is 8.54. The molecule has 1 rings (SSSR count). The zero-order valence-corrected chi connectivity index (χ0v) is 10.0. The zero-order chi connectivity index (χ0) is 13.5. The Bertz CT molecular complexity index is 469. The fourth-order valence-corrected chi connectivity index (χ4v) is 1.44. The van der Waals surface area contributed by atoms with Crippen LogP contribution < -0.4 is 10.6 Å². The Labute approximate surface area is 105 Å². The topological polar surface area (TPSA) is 45.7 Å². The Morgan fingerprint density at radius 3 is 2.83 bits per heavy atom. The summed E-state index contributed by atoms with van der Waals surface area (Å²) >= 11 is 0. The average molecular weight is 253 g/mol. The minimum absolute atomic E-state index is 0.142. The van der Waals surface area contributed by atoms with Gasteiger partial charge in [-0.3, -0.25) is 4.79 Å². The molecule has 0 saturated carbocycles. The monoisotopic (exact) mass is 253 g/mol. The summed E-state index contributed by atoms with van der Waals surface area (Å²) in [6.45, 7) is 2.18. The summed E-state index contributed by atoms with van der Waals surface area (Å²) in [5.41, 5.74) is 0.624. The van der Waals surface area contributed by atoms with Gasteiger partial charge in [0.1, 0.15) is 6.04 Å². The van der Waals surface area contributed by atoms with Gasteiger partial charge in [-0.2, -0.15) is 0 Å². The van der Waals surface area contributed by atoms with Gasteiger partial charge in [-0.1, -0.05) is 5.92 Å². The van der Waals surface area contributed by atoms with Crippen LogP contribution >= 0.6 is 0 Å². The number of rotatable bonds is 5. The molecule has 0 saturated heterocycles. The number of nitrogens with one attached hydrogen (secondary N) is 1. The van der Waals surface area contributed by atoms with Crippen molar-refractivity contribution in [3.63, 3.8) is 0 Å². The number of carbonyl (C=O) groups excluding carboxylic acids is 1. The molecular weight excluding hydrogens is 238 g/mol. The predicted octanol–water partition coefficient (Wildman–Crippen LogP) is 0.339. The van der Waals surface area contributed by atoms with Crippen LogP contribution in [0.2, 0.25) is 0 Å². The van der Waals surface area contributed by atoms with Crippen molar-refractivity contribution in [3.8, 4) is 12.3 Å². The quantitative estimate of drug-likeness (QED) is 0.730. The molecule has 0 spiro atoms. The molecule has 0 aliphatic carbocycles. The molecule has 3 nitrogen and oxygen atoms in total. The van der Waals surface area contributed by atoms with E-state index >= 15 is 0 Å². The number of carbonyl (C=O) groups is 1. The fourth-order valence-electron chi connectivity index (χ4n) is 1.44. The Balaban J connectivity index is 2.50. The molecule has 0 aromatic heterocycles. The van der Waals surface area contributed by atoms with Crippen LogP contribution in [-0.2, 0) is 4.79 Å². The molecule has 96 valence electrons.